The van der Waals surface area contributed by atoms with E-state index in [1.165, 1.54) is 32.1 Å². The number of hydrogen-bond acceptors (Lipinski definition) is 2. The Kier molecular flexibility index (Phi) is 5.25. The molecule has 1 heterocycles. The summed E-state index contributed by atoms with van der Waals surface area (Å²) in [5.74, 6) is 0.951. The highest BCUT2D eigenvalue weighted by Crippen LogP contribution is 2.27. The van der Waals surface area contributed by atoms with E-state index in [2.05, 4.69) is 12.2 Å². The van der Waals surface area contributed by atoms with E-state index in [1.54, 1.807) is 0 Å². The Hall–Kier alpha value is -1.51. The summed E-state index contributed by atoms with van der Waals surface area (Å²) < 4.78 is 5.73. The van der Waals surface area contributed by atoms with Crippen molar-refractivity contribution in [1.29, 1.82) is 0 Å². The molecule has 0 spiro atoms. The zero-order chi connectivity index (χ0) is 13.5. The second-order valence-corrected chi connectivity index (χ2v) is 5.16. The fourth-order valence-electron chi connectivity index (χ4n) is 2.37. The van der Waals surface area contributed by atoms with Gasteiger partial charge < -0.3 is 10.1 Å². The van der Waals surface area contributed by atoms with Crippen LogP contribution in [0.4, 0.5) is 5.69 Å². The Balaban J connectivity index is 1.67. The number of rotatable bonds is 8. The summed E-state index contributed by atoms with van der Waals surface area (Å²) in [5.41, 5.74) is 1.97. The summed E-state index contributed by atoms with van der Waals surface area (Å²) in [6.07, 6.45) is 8.10. The van der Waals surface area contributed by atoms with Crippen molar-refractivity contribution in [2.75, 3.05) is 11.9 Å². The molecule has 3 nitrogen and oxygen atoms in total. The van der Waals surface area contributed by atoms with Gasteiger partial charge in [0.2, 0.25) is 5.91 Å². The van der Waals surface area contributed by atoms with Gasteiger partial charge in [0.25, 0.3) is 0 Å². The SMILES string of the molecule is CCCCCCCCOc1ccc2c(c1)CC(=O)N2. The molecule has 1 aromatic carbocycles. The van der Waals surface area contributed by atoms with Crippen LogP contribution in [0.1, 0.15) is 51.0 Å². The number of unbranched alkanes of at least 4 members (excludes halogenated alkanes) is 5. The summed E-state index contributed by atoms with van der Waals surface area (Å²) in [6.45, 7) is 3.00. The summed E-state index contributed by atoms with van der Waals surface area (Å²) >= 11 is 0. The first-order chi connectivity index (χ1) is 9.29. The molecule has 1 aliphatic rings. The first-order valence-electron chi connectivity index (χ1n) is 7.35. The third-order valence-corrected chi connectivity index (χ3v) is 3.47. The van der Waals surface area contributed by atoms with E-state index in [1.807, 2.05) is 18.2 Å². The molecule has 104 valence electrons. The first-order valence-corrected chi connectivity index (χ1v) is 7.35. The van der Waals surface area contributed by atoms with Crippen molar-refractivity contribution in [1.82, 2.24) is 0 Å². The Morgan fingerprint density at radius 2 is 1.95 bits per heavy atom. The van der Waals surface area contributed by atoms with Gasteiger partial charge in [0, 0.05) is 5.69 Å². The van der Waals surface area contributed by atoms with Gasteiger partial charge in [-0.2, -0.15) is 0 Å². The van der Waals surface area contributed by atoms with Crippen molar-refractivity contribution in [2.24, 2.45) is 0 Å². The number of amides is 1. The number of hydrogen-bond donors (Lipinski definition) is 1. The van der Waals surface area contributed by atoms with Crippen LogP contribution in [0.3, 0.4) is 0 Å². The van der Waals surface area contributed by atoms with E-state index in [9.17, 15) is 4.79 Å². The van der Waals surface area contributed by atoms with Crippen LogP contribution in [0.15, 0.2) is 18.2 Å². The minimum absolute atomic E-state index is 0.0723. The maximum atomic E-state index is 11.2. The molecule has 19 heavy (non-hydrogen) atoms. The van der Waals surface area contributed by atoms with Gasteiger partial charge in [0.15, 0.2) is 0 Å². The lowest BCUT2D eigenvalue weighted by atomic mass is 10.1. The number of carbonyl (C=O) groups excluding carboxylic acids is 1. The molecule has 1 aromatic rings. The number of fused-ring (bicyclic) bond motifs is 1. The van der Waals surface area contributed by atoms with E-state index in [0.717, 1.165) is 30.0 Å². The van der Waals surface area contributed by atoms with Crippen molar-refractivity contribution in [3.63, 3.8) is 0 Å². The Morgan fingerprint density at radius 3 is 2.79 bits per heavy atom. The lowest BCUT2D eigenvalue weighted by Gasteiger charge is -2.07. The molecule has 0 aromatic heterocycles. The molecule has 0 unspecified atom stereocenters. The van der Waals surface area contributed by atoms with Crippen LogP contribution in [-0.4, -0.2) is 12.5 Å². The van der Waals surface area contributed by atoms with Gasteiger partial charge in [-0.1, -0.05) is 39.0 Å². The van der Waals surface area contributed by atoms with Crippen molar-refractivity contribution in [2.45, 2.75) is 51.9 Å². The van der Waals surface area contributed by atoms with Crippen LogP contribution in [0.25, 0.3) is 0 Å². The topological polar surface area (TPSA) is 38.3 Å². The lowest BCUT2D eigenvalue weighted by Crippen LogP contribution is -2.03. The smallest absolute Gasteiger partial charge is 0.228 e. The molecule has 3 heteroatoms. The number of nitrogens with one attached hydrogen (secondary N) is 1. The molecule has 0 saturated heterocycles. The number of anilines is 1. The standard InChI is InChI=1S/C16H23NO2/c1-2-3-4-5-6-7-10-19-14-8-9-15-13(11-14)12-16(18)17-15/h8-9,11H,2-7,10,12H2,1H3,(H,17,18). The van der Waals surface area contributed by atoms with Gasteiger partial charge >= 0.3 is 0 Å². The summed E-state index contributed by atoms with van der Waals surface area (Å²) in [4.78, 5) is 11.2. The van der Waals surface area contributed by atoms with E-state index >= 15 is 0 Å². The van der Waals surface area contributed by atoms with Gasteiger partial charge in [0.1, 0.15) is 5.75 Å². The Labute approximate surface area is 115 Å². The van der Waals surface area contributed by atoms with Gasteiger partial charge in [-0.25, -0.2) is 0 Å². The number of ether oxygens (including phenoxy) is 1. The molecule has 0 saturated carbocycles. The van der Waals surface area contributed by atoms with Crippen LogP contribution in [0, 0.1) is 0 Å². The predicted octanol–water partition coefficient (Wildman–Crippen LogP) is 3.92. The zero-order valence-corrected chi connectivity index (χ0v) is 11.7. The maximum absolute atomic E-state index is 11.2. The zero-order valence-electron chi connectivity index (χ0n) is 11.7. The Morgan fingerprint density at radius 1 is 1.16 bits per heavy atom. The van der Waals surface area contributed by atoms with Gasteiger partial charge in [-0.3, -0.25) is 4.79 Å². The first kappa shape index (κ1) is 13.9. The molecule has 0 fully saturated rings. The average molecular weight is 261 g/mol. The van der Waals surface area contributed by atoms with Crippen molar-refractivity contribution in [3.05, 3.63) is 23.8 Å². The number of carbonyl (C=O) groups is 1. The van der Waals surface area contributed by atoms with Crippen molar-refractivity contribution < 1.29 is 9.53 Å². The lowest BCUT2D eigenvalue weighted by molar-refractivity contribution is -0.115. The molecule has 1 amide bonds. The molecule has 0 bridgehead atoms. The molecule has 0 atom stereocenters. The van der Waals surface area contributed by atoms with Crippen LogP contribution >= 0.6 is 0 Å². The van der Waals surface area contributed by atoms with Crippen LogP contribution in [0.2, 0.25) is 0 Å². The second-order valence-electron chi connectivity index (χ2n) is 5.16. The highest BCUT2D eigenvalue weighted by atomic mass is 16.5. The van der Waals surface area contributed by atoms with E-state index in [-0.39, 0.29) is 5.91 Å². The van der Waals surface area contributed by atoms with Crippen LogP contribution in [-0.2, 0) is 11.2 Å². The normalized spacial score (nSPS) is 13.2. The quantitative estimate of drug-likeness (QED) is 0.720. The third kappa shape index (κ3) is 4.27. The molecule has 1 aliphatic heterocycles. The van der Waals surface area contributed by atoms with E-state index in [0.29, 0.717) is 6.42 Å². The summed E-state index contributed by atoms with van der Waals surface area (Å²) in [6, 6.07) is 5.84. The van der Waals surface area contributed by atoms with Crippen molar-refractivity contribution >= 4 is 11.6 Å². The summed E-state index contributed by atoms with van der Waals surface area (Å²) in [7, 11) is 0. The van der Waals surface area contributed by atoms with E-state index < -0.39 is 0 Å². The predicted molar refractivity (Wildman–Crippen MR) is 77.6 cm³/mol. The molecular formula is C16H23NO2. The molecule has 0 aliphatic carbocycles. The highest BCUT2D eigenvalue weighted by molar-refractivity contribution is 5.99. The van der Waals surface area contributed by atoms with Crippen LogP contribution in [0.5, 0.6) is 5.75 Å². The highest BCUT2D eigenvalue weighted by Gasteiger charge is 2.17. The van der Waals surface area contributed by atoms with Crippen LogP contribution < -0.4 is 10.1 Å². The fourth-order valence-corrected chi connectivity index (χ4v) is 2.37. The largest absolute Gasteiger partial charge is 0.494 e. The van der Waals surface area contributed by atoms with Gasteiger partial charge in [0.05, 0.1) is 13.0 Å². The molecule has 0 radical (unpaired) electrons. The van der Waals surface area contributed by atoms with Crippen molar-refractivity contribution in [3.8, 4) is 5.75 Å². The van der Waals surface area contributed by atoms with Gasteiger partial charge in [-0.05, 0) is 30.2 Å². The molecule has 2 rings (SSSR count). The minimum Gasteiger partial charge on any atom is -0.494 e. The monoisotopic (exact) mass is 261 g/mol. The molecule has 1 N–H and O–H groups in total. The van der Waals surface area contributed by atoms with Gasteiger partial charge in [-0.15, -0.1) is 0 Å². The van der Waals surface area contributed by atoms with E-state index in [4.69, 9.17) is 4.74 Å². The second kappa shape index (κ2) is 7.17. The third-order valence-electron chi connectivity index (χ3n) is 3.47. The number of benzene rings is 1. The average Bonchev–Trinajstić information content (AvgIpc) is 2.77. The maximum Gasteiger partial charge on any atom is 0.228 e. The summed E-state index contributed by atoms with van der Waals surface area (Å²) in [5, 5.41) is 2.83. The fraction of sp³-hybridized carbons (Fsp3) is 0.562. The molecular weight excluding hydrogens is 238 g/mol. The minimum atomic E-state index is 0.0723. The Bertz CT molecular complexity index is 429.